The highest BCUT2D eigenvalue weighted by atomic mass is 19.1. The molecule has 0 aliphatic carbocycles. The van der Waals surface area contributed by atoms with Crippen LogP contribution in [0.3, 0.4) is 0 Å². The van der Waals surface area contributed by atoms with Gasteiger partial charge in [0.25, 0.3) is 11.5 Å². The second-order valence-electron chi connectivity index (χ2n) is 5.35. The fraction of sp³-hybridized carbons (Fsp3) is 0.250. The fourth-order valence-electron chi connectivity index (χ4n) is 2.52. The Morgan fingerprint density at radius 2 is 2.00 bits per heavy atom. The van der Waals surface area contributed by atoms with E-state index < -0.39 is 29.3 Å². The molecule has 8 nitrogen and oxygen atoms in total. The lowest BCUT2D eigenvalue weighted by molar-refractivity contribution is -0.147. The Balaban J connectivity index is 1.99. The molecule has 2 aromatic rings. The van der Waals surface area contributed by atoms with E-state index in [2.05, 4.69) is 5.10 Å². The van der Waals surface area contributed by atoms with E-state index >= 15 is 0 Å². The molecule has 1 N–H and O–H groups in total. The third kappa shape index (κ3) is 3.26. The first-order valence-electron chi connectivity index (χ1n) is 7.46. The van der Waals surface area contributed by atoms with Crippen molar-refractivity contribution in [3.8, 4) is 5.69 Å². The molecule has 1 unspecified atom stereocenters. The molecule has 0 bridgehead atoms. The van der Waals surface area contributed by atoms with Crippen molar-refractivity contribution in [2.75, 3.05) is 19.8 Å². The summed E-state index contributed by atoms with van der Waals surface area (Å²) in [6.07, 6.45) is 0. The molecule has 1 aromatic carbocycles. The molecule has 2 heterocycles. The number of para-hydroxylation sites is 1. The minimum Gasteiger partial charge on any atom is -0.480 e. The molecule has 1 fully saturated rings. The molecule has 1 atom stereocenters. The van der Waals surface area contributed by atoms with Crippen molar-refractivity contribution in [1.29, 1.82) is 0 Å². The van der Waals surface area contributed by atoms with Gasteiger partial charge in [0.15, 0.2) is 6.04 Å². The quantitative estimate of drug-likeness (QED) is 0.857. The standard InChI is InChI=1S/C16H14FN3O5/c17-10-3-1-2-4-12(10)20-14(21)6-5-11(18-20)15(22)19-7-8-25-9-13(19)16(23)24/h1-6,13H,7-9H2,(H,23,24). The Morgan fingerprint density at radius 3 is 2.72 bits per heavy atom. The average Bonchev–Trinajstić information content (AvgIpc) is 2.62. The number of aliphatic carboxylic acids is 1. The maximum atomic E-state index is 13.9. The van der Waals surface area contributed by atoms with E-state index in [1.165, 1.54) is 30.3 Å². The maximum absolute atomic E-state index is 13.9. The minimum atomic E-state index is -1.20. The van der Waals surface area contributed by atoms with Gasteiger partial charge < -0.3 is 14.7 Å². The van der Waals surface area contributed by atoms with Gasteiger partial charge in [-0.15, -0.1) is 0 Å². The molecule has 1 aliphatic rings. The Morgan fingerprint density at radius 1 is 1.24 bits per heavy atom. The van der Waals surface area contributed by atoms with Gasteiger partial charge in [-0.3, -0.25) is 9.59 Å². The third-order valence-corrected chi connectivity index (χ3v) is 3.77. The number of nitrogens with zero attached hydrogens (tertiary/aromatic N) is 3. The summed E-state index contributed by atoms with van der Waals surface area (Å²) in [4.78, 5) is 37.0. The van der Waals surface area contributed by atoms with Crippen LogP contribution in [0, 0.1) is 5.82 Å². The highest BCUT2D eigenvalue weighted by Crippen LogP contribution is 2.13. The number of carboxylic acid groups (broad SMARTS) is 1. The number of carboxylic acids is 1. The molecule has 1 aliphatic heterocycles. The van der Waals surface area contributed by atoms with Gasteiger partial charge in [0.1, 0.15) is 17.2 Å². The zero-order valence-electron chi connectivity index (χ0n) is 13.0. The lowest BCUT2D eigenvalue weighted by atomic mass is 10.2. The lowest BCUT2D eigenvalue weighted by Crippen LogP contribution is -2.53. The topological polar surface area (TPSA) is 102 Å². The van der Waals surface area contributed by atoms with Gasteiger partial charge in [0.05, 0.1) is 13.2 Å². The van der Waals surface area contributed by atoms with Crippen LogP contribution in [0.2, 0.25) is 0 Å². The smallest absolute Gasteiger partial charge is 0.328 e. The summed E-state index contributed by atoms with van der Waals surface area (Å²) in [5.41, 5.74) is -0.867. The molecule has 9 heteroatoms. The van der Waals surface area contributed by atoms with Gasteiger partial charge in [-0.25, -0.2) is 9.18 Å². The van der Waals surface area contributed by atoms with Crippen LogP contribution in [-0.2, 0) is 9.53 Å². The van der Waals surface area contributed by atoms with E-state index in [1.807, 2.05) is 0 Å². The number of rotatable bonds is 3. The molecule has 130 valence electrons. The predicted octanol–water partition coefficient (Wildman–Crippen LogP) is 0.297. The van der Waals surface area contributed by atoms with Crippen LogP contribution in [0.4, 0.5) is 4.39 Å². The maximum Gasteiger partial charge on any atom is 0.328 e. The minimum absolute atomic E-state index is 0.0797. The van der Waals surface area contributed by atoms with E-state index in [1.54, 1.807) is 0 Å². The summed E-state index contributed by atoms with van der Waals surface area (Å²) in [5, 5.41) is 13.1. The van der Waals surface area contributed by atoms with Crippen molar-refractivity contribution in [3.63, 3.8) is 0 Å². The summed E-state index contributed by atoms with van der Waals surface area (Å²) in [6, 6.07) is 6.65. The van der Waals surface area contributed by atoms with Crippen LogP contribution < -0.4 is 5.56 Å². The first-order valence-corrected chi connectivity index (χ1v) is 7.46. The predicted molar refractivity (Wildman–Crippen MR) is 83.1 cm³/mol. The van der Waals surface area contributed by atoms with E-state index in [9.17, 15) is 23.9 Å². The summed E-state index contributed by atoms with van der Waals surface area (Å²) < 4.78 is 19.8. The molecular weight excluding hydrogens is 333 g/mol. The lowest BCUT2D eigenvalue weighted by Gasteiger charge is -2.32. The molecule has 25 heavy (non-hydrogen) atoms. The number of benzene rings is 1. The molecule has 0 radical (unpaired) electrons. The SMILES string of the molecule is O=C(O)C1COCCN1C(=O)c1ccc(=O)n(-c2ccccc2F)n1. The van der Waals surface area contributed by atoms with Crippen LogP contribution in [0.15, 0.2) is 41.2 Å². The number of carbonyl (C=O) groups excluding carboxylic acids is 1. The molecule has 0 spiro atoms. The van der Waals surface area contributed by atoms with Crippen molar-refractivity contribution in [1.82, 2.24) is 14.7 Å². The largest absolute Gasteiger partial charge is 0.480 e. The average molecular weight is 347 g/mol. The van der Waals surface area contributed by atoms with Crippen LogP contribution in [0.25, 0.3) is 5.69 Å². The van der Waals surface area contributed by atoms with E-state index in [0.29, 0.717) is 0 Å². The van der Waals surface area contributed by atoms with E-state index in [0.717, 1.165) is 15.6 Å². The summed E-state index contributed by atoms with van der Waals surface area (Å²) in [5.74, 6) is -2.53. The second-order valence-corrected chi connectivity index (χ2v) is 5.35. The Labute approximate surface area is 141 Å². The summed E-state index contributed by atoms with van der Waals surface area (Å²) >= 11 is 0. The summed E-state index contributed by atoms with van der Waals surface area (Å²) in [7, 11) is 0. The van der Waals surface area contributed by atoms with Crippen LogP contribution in [-0.4, -0.2) is 57.5 Å². The highest BCUT2D eigenvalue weighted by molar-refractivity contribution is 5.95. The highest BCUT2D eigenvalue weighted by Gasteiger charge is 2.34. The molecule has 1 saturated heterocycles. The first kappa shape index (κ1) is 16.8. The Hall–Kier alpha value is -3.07. The van der Waals surface area contributed by atoms with Crippen LogP contribution >= 0.6 is 0 Å². The van der Waals surface area contributed by atoms with Gasteiger partial charge in [0, 0.05) is 12.6 Å². The van der Waals surface area contributed by atoms with Crippen LogP contribution in [0.5, 0.6) is 0 Å². The van der Waals surface area contributed by atoms with Crippen molar-refractivity contribution >= 4 is 11.9 Å². The van der Waals surface area contributed by atoms with Crippen molar-refractivity contribution in [2.24, 2.45) is 0 Å². The van der Waals surface area contributed by atoms with Crippen molar-refractivity contribution in [3.05, 3.63) is 58.3 Å². The van der Waals surface area contributed by atoms with Crippen LogP contribution in [0.1, 0.15) is 10.5 Å². The zero-order chi connectivity index (χ0) is 18.0. The number of halogens is 1. The van der Waals surface area contributed by atoms with Gasteiger partial charge in [-0.2, -0.15) is 9.78 Å². The summed E-state index contributed by atoms with van der Waals surface area (Å²) in [6.45, 7) is 0.146. The van der Waals surface area contributed by atoms with E-state index in [-0.39, 0.29) is 31.1 Å². The first-order chi connectivity index (χ1) is 12.0. The van der Waals surface area contributed by atoms with Crippen molar-refractivity contribution in [2.45, 2.75) is 6.04 Å². The molecule has 3 rings (SSSR count). The zero-order valence-corrected chi connectivity index (χ0v) is 13.0. The van der Waals surface area contributed by atoms with Gasteiger partial charge in [-0.05, 0) is 18.2 Å². The van der Waals surface area contributed by atoms with Gasteiger partial charge in [0.2, 0.25) is 0 Å². The number of hydrogen-bond donors (Lipinski definition) is 1. The Bertz CT molecular complexity index is 882. The monoisotopic (exact) mass is 347 g/mol. The van der Waals surface area contributed by atoms with Gasteiger partial charge >= 0.3 is 5.97 Å². The molecular formula is C16H14FN3O5. The molecule has 0 saturated carbocycles. The Kier molecular flexibility index (Phi) is 4.57. The number of amides is 1. The molecule has 1 aromatic heterocycles. The number of carbonyl (C=O) groups is 2. The normalized spacial score (nSPS) is 17.3. The van der Waals surface area contributed by atoms with Gasteiger partial charge in [-0.1, -0.05) is 12.1 Å². The number of morpholine rings is 1. The van der Waals surface area contributed by atoms with E-state index in [4.69, 9.17) is 4.74 Å². The number of ether oxygens (including phenoxy) is 1. The number of aromatic nitrogens is 2. The van der Waals surface area contributed by atoms with Crippen molar-refractivity contribution < 1.29 is 23.8 Å². The fourth-order valence-corrected chi connectivity index (χ4v) is 2.52. The number of hydrogen-bond acceptors (Lipinski definition) is 5. The second kappa shape index (κ2) is 6.81. The molecule has 1 amide bonds. The third-order valence-electron chi connectivity index (χ3n) is 3.77.